The lowest BCUT2D eigenvalue weighted by molar-refractivity contribution is 0.0786. The quantitative estimate of drug-likeness (QED) is 0.529. The number of fused-ring (bicyclic) bond motifs is 2. The molecule has 2 atom stereocenters. The van der Waals surface area contributed by atoms with Crippen molar-refractivity contribution in [3.8, 4) is 5.88 Å². The summed E-state index contributed by atoms with van der Waals surface area (Å²) in [6.45, 7) is 2.21. The van der Waals surface area contributed by atoms with Crippen LogP contribution in [0.3, 0.4) is 0 Å². The summed E-state index contributed by atoms with van der Waals surface area (Å²) in [5, 5.41) is 0.613. The smallest absolute Gasteiger partial charge is 0.298 e. The first-order chi connectivity index (χ1) is 15.0. The van der Waals surface area contributed by atoms with Crippen LogP contribution < -0.4 is 14.5 Å². The normalized spacial score (nSPS) is 20.6. The van der Waals surface area contributed by atoms with E-state index in [0.717, 1.165) is 31.7 Å². The molecule has 0 bridgehead atoms. The highest BCUT2D eigenvalue weighted by molar-refractivity contribution is 6.31. The van der Waals surface area contributed by atoms with Gasteiger partial charge in [-0.15, -0.1) is 0 Å². The molecule has 1 aromatic carbocycles. The zero-order valence-corrected chi connectivity index (χ0v) is 17.1. The van der Waals surface area contributed by atoms with E-state index < -0.39 is 13.0 Å². The Bertz CT molecular complexity index is 1110. The Labute approximate surface area is 181 Å². The number of rotatable bonds is 6. The summed E-state index contributed by atoms with van der Waals surface area (Å²) in [6, 6.07) is 7.67. The molecule has 0 radical (unpaired) electrons. The minimum Gasteiger partial charge on any atom is -0.471 e. The number of nitrogens with zero attached hydrogens (tertiary/aromatic N) is 4. The molecule has 2 aromatic heterocycles. The van der Waals surface area contributed by atoms with Crippen LogP contribution in [0.1, 0.15) is 10.4 Å². The zero-order valence-electron chi connectivity index (χ0n) is 16.4. The number of hydrogen-bond donors (Lipinski definition) is 0. The van der Waals surface area contributed by atoms with Gasteiger partial charge < -0.3 is 19.0 Å². The molecular formula is C21H19ClF2N4O3. The number of carbonyl (C=O) groups excluding carboxylic acids is 1. The molecule has 2 aliphatic rings. The number of alkyl halides is 2. The van der Waals surface area contributed by atoms with E-state index in [2.05, 4.69) is 19.8 Å². The third-order valence-corrected chi connectivity index (χ3v) is 6.07. The van der Waals surface area contributed by atoms with Crippen LogP contribution >= 0.6 is 11.6 Å². The van der Waals surface area contributed by atoms with Gasteiger partial charge in [0, 0.05) is 49.2 Å². The van der Waals surface area contributed by atoms with E-state index in [9.17, 15) is 13.6 Å². The lowest BCUT2D eigenvalue weighted by atomic mass is 10.0. The van der Waals surface area contributed by atoms with Crippen LogP contribution in [0.15, 0.2) is 34.9 Å². The van der Waals surface area contributed by atoms with Crippen molar-refractivity contribution in [3.05, 3.63) is 41.0 Å². The summed E-state index contributed by atoms with van der Waals surface area (Å²) in [5.74, 6) is 0.657. The molecule has 0 saturated carbocycles. The maximum atomic E-state index is 12.5. The van der Waals surface area contributed by atoms with Crippen LogP contribution in [0.25, 0.3) is 11.1 Å². The molecule has 5 rings (SSSR count). The number of halogens is 3. The number of oxazole rings is 1. The molecule has 0 spiro atoms. The number of aldehydes is 1. The lowest BCUT2D eigenvalue weighted by Gasteiger charge is -2.24. The highest BCUT2D eigenvalue weighted by Crippen LogP contribution is 2.38. The van der Waals surface area contributed by atoms with Crippen molar-refractivity contribution in [2.45, 2.75) is 6.43 Å². The van der Waals surface area contributed by atoms with Crippen molar-refractivity contribution in [2.24, 2.45) is 11.8 Å². The molecule has 2 unspecified atom stereocenters. The molecule has 10 heteroatoms. The highest BCUT2D eigenvalue weighted by Gasteiger charge is 2.42. The van der Waals surface area contributed by atoms with E-state index in [1.54, 1.807) is 18.2 Å². The second-order valence-corrected chi connectivity index (χ2v) is 8.24. The second kappa shape index (κ2) is 7.96. The van der Waals surface area contributed by atoms with E-state index in [-0.39, 0.29) is 11.4 Å². The topological polar surface area (TPSA) is 71.7 Å². The fourth-order valence-corrected chi connectivity index (χ4v) is 4.62. The summed E-state index contributed by atoms with van der Waals surface area (Å²) in [4.78, 5) is 24.4. The molecule has 0 aliphatic carbocycles. The third-order valence-electron chi connectivity index (χ3n) is 5.83. The molecule has 0 N–H and O–H groups in total. The number of hydrogen-bond acceptors (Lipinski definition) is 7. The Hall–Kier alpha value is -2.94. The standard InChI is InChI=1S/C21H19ClF2N4O3/c22-14-1-2-18-16(5-14)26-21(31-18)28-8-12-6-27(7-13(12)9-28)17-3-4-25-20(15(17)10-29)30-11-19(23)24/h1-5,10,12-13,19H,6-9,11H2. The monoisotopic (exact) mass is 448 g/mol. The molecule has 2 saturated heterocycles. The van der Waals surface area contributed by atoms with Gasteiger partial charge in [-0.1, -0.05) is 11.6 Å². The van der Waals surface area contributed by atoms with Crippen LogP contribution in [-0.4, -0.2) is 55.5 Å². The largest absolute Gasteiger partial charge is 0.471 e. The predicted octanol–water partition coefficient (Wildman–Crippen LogP) is 3.91. The van der Waals surface area contributed by atoms with E-state index >= 15 is 0 Å². The van der Waals surface area contributed by atoms with Crippen LogP contribution in [0.5, 0.6) is 5.88 Å². The van der Waals surface area contributed by atoms with Crippen molar-refractivity contribution >= 4 is 40.7 Å². The Morgan fingerprint density at radius 3 is 2.65 bits per heavy atom. The van der Waals surface area contributed by atoms with Crippen molar-refractivity contribution in [2.75, 3.05) is 42.6 Å². The minimum absolute atomic E-state index is 0.0587. The number of pyridine rings is 1. The van der Waals surface area contributed by atoms with Gasteiger partial charge in [-0.25, -0.2) is 13.8 Å². The van der Waals surface area contributed by atoms with Crippen LogP contribution in [0.4, 0.5) is 20.5 Å². The Morgan fingerprint density at radius 2 is 1.94 bits per heavy atom. The Balaban J connectivity index is 1.31. The molecule has 2 aliphatic heterocycles. The molecule has 3 aromatic rings. The van der Waals surface area contributed by atoms with Crippen LogP contribution in [0, 0.1) is 11.8 Å². The fourth-order valence-electron chi connectivity index (χ4n) is 4.46. The Kier molecular flexibility index (Phi) is 5.13. The zero-order chi connectivity index (χ0) is 21.5. The van der Waals surface area contributed by atoms with E-state index in [4.69, 9.17) is 20.8 Å². The maximum absolute atomic E-state index is 12.5. The molecule has 162 valence electrons. The number of anilines is 2. The van der Waals surface area contributed by atoms with Crippen molar-refractivity contribution in [1.82, 2.24) is 9.97 Å². The molecule has 2 fully saturated rings. The van der Waals surface area contributed by atoms with Gasteiger partial charge in [-0.05, 0) is 24.3 Å². The van der Waals surface area contributed by atoms with Gasteiger partial charge in [0.1, 0.15) is 5.52 Å². The summed E-state index contributed by atoms with van der Waals surface area (Å²) >= 11 is 6.03. The number of carbonyl (C=O) groups is 1. The van der Waals surface area contributed by atoms with Gasteiger partial charge in [0.25, 0.3) is 12.4 Å². The van der Waals surface area contributed by atoms with Gasteiger partial charge in [0.05, 0.1) is 11.3 Å². The minimum atomic E-state index is -2.63. The first-order valence-corrected chi connectivity index (χ1v) is 10.3. The number of benzene rings is 1. The average molecular weight is 449 g/mol. The van der Waals surface area contributed by atoms with Gasteiger partial charge in [0.15, 0.2) is 18.5 Å². The fraction of sp³-hybridized carbons (Fsp3) is 0.381. The maximum Gasteiger partial charge on any atom is 0.298 e. The first kappa shape index (κ1) is 20.0. The molecule has 0 amide bonds. The van der Waals surface area contributed by atoms with Crippen molar-refractivity contribution in [1.29, 1.82) is 0 Å². The van der Waals surface area contributed by atoms with Gasteiger partial charge in [-0.3, -0.25) is 4.79 Å². The van der Waals surface area contributed by atoms with E-state index in [0.29, 0.717) is 40.4 Å². The van der Waals surface area contributed by atoms with Crippen LogP contribution in [0.2, 0.25) is 5.02 Å². The van der Waals surface area contributed by atoms with Gasteiger partial charge >= 0.3 is 0 Å². The van der Waals surface area contributed by atoms with Crippen molar-refractivity contribution < 1.29 is 22.7 Å². The molecule has 31 heavy (non-hydrogen) atoms. The van der Waals surface area contributed by atoms with E-state index in [1.165, 1.54) is 6.20 Å². The highest BCUT2D eigenvalue weighted by atomic mass is 35.5. The van der Waals surface area contributed by atoms with E-state index in [1.807, 2.05) is 6.07 Å². The number of ether oxygens (including phenoxy) is 1. The van der Waals surface area contributed by atoms with Gasteiger partial charge in [0.2, 0.25) is 5.88 Å². The summed E-state index contributed by atoms with van der Waals surface area (Å²) in [6.07, 6.45) is -0.537. The summed E-state index contributed by atoms with van der Waals surface area (Å²) in [5.41, 5.74) is 2.29. The first-order valence-electron chi connectivity index (χ1n) is 9.93. The third kappa shape index (κ3) is 3.78. The SMILES string of the molecule is O=Cc1c(N2CC3CN(c4nc5cc(Cl)ccc5o4)CC3C2)ccnc1OCC(F)F. The molecule has 4 heterocycles. The molecular weight excluding hydrogens is 430 g/mol. The summed E-state index contributed by atoms with van der Waals surface area (Å²) in [7, 11) is 0. The molecule has 7 nitrogen and oxygen atoms in total. The predicted molar refractivity (Wildman–Crippen MR) is 112 cm³/mol. The Morgan fingerprint density at radius 1 is 1.19 bits per heavy atom. The second-order valence-electron chi connectivity index (χ2n) is 7.81. The lowest BCUT2D eigenvalue weighted by Crippen LogP contribution is -2.29. The van der Waals surface area contributed by atoms with Crippen molar-refractivity contribution in [3.63, 3.8) is 0 Å². The average Bonchev–Trinajstić information content (AvgIpc) is 3.43. The summed E-state index contributed by atoms with van der Waals surface area (Å²) < 4.78 is 35.9. The number of aromatic nitrogens is 2. The van der Waals surface area contributed by atoms with Gasteiger partial charge in [-0.2, -0.15) is 4.98 Å². The van der Waals surface area contributed by atoms with Crippen LogP contribution in [-0.2, 0) is 0 Å².